The van der Waals surface area contributed by atoms with Crippen molar-refractivity contribution in [2.45, 2.75) is 33.2 Å². The second-order valence-electron chi connectivity index (χ2n) is 5.98. The average Bonchev–Trinajstić information content (AvgIpc) is 3.10. The summed E-state index contributed by atoms with van der Waals surface area (Å²) in [4.78, 5) is 14.5. The van der Waals surface area contributed by atoms with Gasteiger partial charge in [0.1, 0.15) is 5.69 Å². The third kappa shape index (κ3) is 2.79. The quantitative estimate of drug-likeness (QED) is 0.710. The molecule has 0 atom stereocenters. The molecule has 22 heavy (non-hydrogen) atoms. The van der Waals surface area contributed by atoms with E-state index in [1.165, 1.54) is 5.39 Å². The maximum absolute atomic E-state index is 11.2. The van der Waals surface area contributed by atoms with Gasteiger partial charge in [-0.1, -0.05) is 37.3 Å². The number of aryl methyl sites for hydroxylation is 1. The average molecular weight is 296 g/mol. The number of rotatable bonds is 6. The molecule has 3 aromatic rings. The lowest BCUT2D eigenvalue weighted by Gasteiger charge is -2.08. The topological polar surface area (TPSA) is 63.6 Å². The molecule has 0 aliphatic carbocycles. The van der Waals surface area contributed by atoms with Crippen molar-refractivity contribution in [3.05, 3.63) is 47.4 Å². The van der Waals surface area contributed by atoms with Crippen LogP contribution in [-0.4, -0.2) is 26.3 Å². The lowest BCUT2D eigenvalue weighted by molar-refractivity contribution is 0.111. The maximum atomic E-state index is 11.2. The lowest BCUT2D eigenvalue weighted by atomic mass is 10.1. The Balaban J connectivity index is 1.93. The molecule has 0 aliphatic rings. The molecule has 0 spiro atoms. The highest BCUT2D eigenvalue weighted by Gasteiger charge is 2.15. The number of aromatic nitrogens is 4. The summed E-state index contributed by atoms with van der Waals surface area (Å²) in [5, 5.41) is 9.33. The molecule has 0 bridgehead atoms. The molecule has 0 saturated heterocycles. The van der Waals surface area contributed by atoms with Crippen LogP contribution in [-0.2, 0) is 13.0 Å². The molecule has 5 heteroatoms. The Morgan fingerprint density at radius 3 is 2.91 bits per heavy atom. The normalized spacial score (nSPS) is 11.4. The van der Waals surface area contributed by atoms with Crippen molar-refractivity contribution in [2.24, 2.45) is 5.92 Å². The van der Waals surface area contributed by atoms with Crippen LogP contribution < -0.4 is 0 Å². The number of hydrogen-bond donors (Lipinski definition) is 1. The number of benzene rings is 1. The van der Waals surface area contributed by atoms with Crippen molar-refractivity contribution in [3.8, 4) is 0 Å². The Kier molecular flexibility index (Phi) is 4.04. The van der Waals surface area contributed by atoms with Crippen molar-refractivity contribution >= 4 is 17.2 Å². The number of aromatic amines is 1. The van der Waals surface area contributed by atoms with E-state index in [9.17, 15) is 4.79 Å². The summed E-state index contributed by atoms with van der Waals surface area (Å²) in [5.74, 6) is 0.588. The maximum Gasteiger partial charge on any atom is 0.172 e. The number of fused-ring (bicyclic) bond motifs is 1. The van der Waals surface area contributed by atoms with Gasteiger partial charge in [-0.2, -0.15) is 0 Å². The van der Waals surface area contributed by atoms with E-state index in [1.807, 2.05) is 29.1 Å². The van der Waals surface area contributed by atoms with Crippen LogP contribution in [0.5, 0.6) is 0 Å². The number of hydrogen-bond acceptors (Lipinski definition) is 3. The number of para-hydroxylation sites is 1. The second kappa shape index (κ2) is 6.13. The predicted molar refractivity (Wildman–Crippen MR) is 86.0 cm³/mol. The predicted octanol–water partition coefficient (Wildman–Crippen LogP) is 3.21. The first-order valence-electron chi connectivity index (χ1n) is 7.61. The van der Waals surface area contributed by atoms with E-state index >= 15 is 0 Å². The van der Waals surface area contributed by atoms with Gasteiger partial charge in [0, 0.05) is 30.1 Å². The summed E-state index contributed by atoms with van der Waals surface area (Å²) in [6.07, 6.45) is 4.47. The minimum absolute atomic E-state index is 0.439. The molecule has 0 amide bonds. The first kappa shape index (κ1) is 14.5. The Labute approximate surface area is 129 Å². The molecule has 2 aromatic heterocycles. The summed E-state index contributed by atoms with van der Waals surface area (Å²) < 4.78 is 1.87. The van der Waals surface area contributed by atoms with E-state index in [0.717, 1.165) is 36.0 Å². The van der Waals surface area contributed by atoms with Gasteiger partial charge in [0.05, 0.1) is 5.69 Å². The molecular formula is C17H20N4O. The van der Waals surface area contributed by atoms with E-state index in [4.69, 9.17) is 0 Å². The fourth-order valence-electron chi connectivity index (χ4n) is 2.64. The summed E-state index contributed by atoms with van der Waals surface area (Å²) in [6.45, 7) is 5.14. The Bertz CT molecular complexity index is 785. The van der Waals surface area contributed by atoms with E-state index in [0.29, 0.717) is 18.0 Å². The van der Waals surface area contributed by atoms with E-state index in [-0.39, 0.29) is 0 Å². The molecule has 114 valence electrons. The first-order valence-corrected chi connectivity index (χ1v) is 7.61. The highest BCUT2D eigenvalue weighted by molar-refractivity contribution is 5.83. The molecule has 3 rings (SSSR count). The molecule has 2 heterocycles. The van der Waals surface area contributed by atoms with Crippen LogP contribution in [0.1, 0.15) is 42.0 Å². The monoisotopic (exact) mass is 296 g/mol. The molecule has 1 aromatic carbocycles. The van der Waals surface area contributed by atoms with Gasteiger partial charge >= 0.3 is 0 Å². The minimum Gasteiger partial charge on any atom is -0.361 e. The Hall–Kier alpha value is -2.43. The molecule has 0 unspecified atom stereocenters. The number of carbonyl (C=O) groups is 1. The van der Waals surface area contributed by atoms with Gasteiger partial charge in [-0.05, 0) is 24.0 Å². The van der Waals surface area contributed by atoms with Crippen molar-refractivity contribution in [3.63, 3.8) is 0 Å². The van der Waals surface area contributed by atoms with Crippen molar-refractivity contribution in [1.29, 1.82) is 0 Å². The third-order valence-corrected chi connectivity index (χ3v) is 3.93. The van der Waals surface area contributed by atoms with Gasteiger partial charge in [0.25, 0.3) is 0 Å². The molecule has 0 radical (unpaired) electrons. The van der Waals surface area contributed by atoms with Gasteiger partial charge in [0.2, 0.25) is 0 Å². The molecule has 0 saturated carbocycles. The van der Waals surface area contributed by atoms with Crippen LogP contribution in [0.3, 0.4) is 0 Å². The Morgan fingerprint density at radius 1 is 1.32 bits per heavy atom. The Morgan fingerprint density at radius 2 is 2.14 bits per heavy atom. The van der Waals surface area contributed by atoms with Gasteiger partial charge in [-0.3, -0.25) is 4.79 Å². The highest BCUT2D eigenvalue weighted by atomic mass is 16.1. The summed E-state index contributed by atoms with van der Waals surface area (Å²) >= 11 is 0. The molecule has 0 aliphatic heterocycles. The lowest BCUT2D eigenvalue weighted by Crippen LogP contribution is -2.09. The van der Waals surface area contributed by atoms with Crippen molar-refractivity contribution in [1.82, 2.24) is 20.0 Å². The smallest absolute Gasteiger partial charge is 0.172 e. The summed E-state index contributed by atoms with van der Waals surface area (Å²) in [6, 6.07) is 8.17. The standard InChI is InChI=1S/C17H20N4O/c1-12(2)7-8-21-17(16(11-22)19-20-21)9-13-10-18-15-6-4-3-5-14(13)15/h3-6,10-12,18H,7-9H2,1-2H3. The van der Waals surface area contributed by atoms with Crippen molar-refractivity contribution in [2.75, 3.05) is 0 Å². The number of carbonyl (C=O) groups excluding carboxylic acids is 1. The number of nitrogens with zero attached hydrogens (tertiary/aromatic N) is 3. The zero-order chi connectivity index (χ0) is 15.5. The van der Waals surface area contributed by atoms with Crippen LogP contribution >= 0.6 is 0 Å². The zero-order valence-corrected chi connectivity index (χ0v) is 12.9. The number of nitrogens with one attached hydrogen (secondary N) is 1. The third-order valence-electron chi connectivity index (χ3n) is 3.93. The van der Waals surface area contributed by atoms with E-state index < -0.39 is 0 Å². The largest absolute Gasteiger partial charge is 0.361 e. The molecule has 5 nitrogen and oxygen atoms in total. The first-order chi connectivity index (χ1) is 10.7. The molecule has 1 N–H and O–H groups in total. The summed E-state index contributed by atoms with van der Waals surface area (Å²) in [7, 11) is 0. The van der Waals surface area contributed by atoms with Crippen molar-refractivity contribution < 1.29 is 4.79 Å². The minimum atomic E-state index is 0.439. The number of aldehydes is 1. The van der Waals surface area contributed by atoms with Crippen LogP contribution in [0.2, 0.25) is 0 Å². The summed E-state index contributed by atoms with van der Waals surface area (Å²) in [5.41, 5.74) is 3.59. The second-order valence-corrected chi connectivity index (χ2v) is 5.98. The van der Waals surface area contributed by atoms with E-state index in [2.05, 4.69) is 35.2 Å². The zero-order valence-electron chi connectivity index (χ0n) is 12.9. The number of H-pyrrole nitrogens is 1. The van der Waals surface area contributed by atoms with Crippen LogP contribution in [0.25, 0.3) is 10.9 Å². The molecule has 0 fully saturated rings. The van der Waals surface area contributed by atoms with Crippen LogP contribution in [0.4, 0.5) is 0 Å². The van der Waals surface area contributed by atoms with Crippen LogP contribution in [0, 0.1) is 5.92 Å². The van der Waals surface area contributed by atoms with Gasteiger partial charge < -0.3 is 4.98 Å². The van der Waals surface area contributed by atoms with Gasteiger partial charge in [-0.15, -0.1) is 5.10 Å². The van der Waals surface area contributed by atoms with Gasteiger partial charge in [-0.25, -0.2) is 4.68 Å². The fraction of sp³-hybridized carbons (Fsp3) is 0.353. The fourth-order valence-corrected chi connectivity index (χ4v) is 2.64. The van der Waals surface area contributed by atoms with Crippen LogP contribution in [0.15, 0.2) is 30.5 Å². The van der Waals surface area contributed by atoms with E-state index in [1.54, 1.807) is 0 Å². The molecular weight excluding hydrogens is 276 g/mol. The highest BCUT2D eigenvalue weighted by Crippen LogP contribution is 2.21. The SMILES string of the molecule is CC(C)CCn1nnc(C=O)c1Cc1c[nH]c2ccccc12. The van der Waals surface area contributed by atoms with Gasteiger partial charge in [0.15, 0.2) is 6.29 Å².